The van der Waals surface area contributed by atoms with E-state index in [9.17, 15) is 14.0 Å². The van der Waals surface area contributed by atoms with Gasteiger partial charge in [0.25, 0.3) is 5.91 Å². The lowest BCUT2D eigenvalue weighted by atomic mass is 10.1. The Balaban J connectivity index is 2.18. The van der Waals surface area contributed by atoms with Gasteiger partial charge in [-0.3, -0.25) is 9.59 Å². The second-order valence-corrected chi connectivity index (χ2v) is 5.00. The van der Waals surface area contributed by atoms with Gasteiger partial charge in [-0.1, -0.05) is 18.2 Å². The van der Waals surface area contributed by atoms with Crippen LogP contribution in [-0.2, 0) is 7.05 Å². The van der Waals surface area contributed by atoms with Gasteiger partial charge in [-0.05, 0) is 26.0 Å². The highest BCUT2D eigenvalue weighted by molar-refractivity contribution is 5.99. The molecule has 0 bridgehead atoms. The highest BCUT2D eigenvalue weighted by atomic mass is 19.1. The van der Waals surface area contributed by atoms with Gasteiger partial charge in [0.15, 0.2) is 5.78 Å². The molecule has 1 heterocycles. The highest BCUT2D eigenvalue weighted by Gasteiger charge is 2.18. The molecule has 1 N–H and O–H groups in total. The molecule has 0 aliphatic carbocycles. The third kappa shape index (κ3) is 3.18. The van der Waals surface area contributed by atoms with Crippen molar-refractivity contribution in [2.45, 2.75) is 19.9 Å². The van der Waals surface area contributed by atoms with Crippen LogP contribution in [0.3, 0.4) is 0 Å². The molecule has 0 radical (unpaired) electrons. The molecule has 0 spiro atoms. The number of rotatable bonds is 4. The summed E-state index contributed by atoms with van der Waals surface area (Å²) in [6.07, 6.45) is 1.60. The van der Waals surface area contributed by atoms with Crippen LogP contribution in [0.25, 0.3) is 0 Å². The molecule has 0 fully saturated rings. The summed E-state index contributed by atoms with van der Waals surface area (Å²) in [6.45, 7) is 3.16. The summed E-state index contributed by atoms with van der Waals surface area (Å²) in [6, 6.07) is 7.38. The number of nitrogens with zero attached hydrogens (tertiary/aromatic N) is 1. The van der Waals surface area contributed by atoms with Crippen LogP contribution in [-0.4, -0.2) is 16.3 Å². The molecule has 0 saturated carbocycles. The molecule has 1 atom stereocenters. The largest absolute Gasteiger partial charge is 0.346 e. The van der Waals surface area contributed by atoms with Crippen molar-refractivity contribution in [3.63, 3.8) is 0 Å². The van der Waals surface area contributed by atoms with E-state index in [4.69, 9.17) is 0 Å². The Kier molecular flexibility index (Phi) is 4.21. The van der Waals surface area contributed by atoms with Gasteiger partial charge in [-0.15, -0.1) is 0 Å². The third-order valence-corrected chi connectivity index (χ3v) is 3.36. The minimum absolute atomic E-state index is 0.105. The maximum Gasteiger partial charge on any atom is 0.268 e. The number of nitrogens with one attached hydrogen (secondary N) is 1. The number of halogens is 1. The summed E-state index contributed by atoms with van der Waals surface area (Å²) in [4.78, 5) is 23.6. The van der Waals surface area contributed by atoms with Crippen LogP contribution in [0, 0.1) is 5.82 Å². The van der Waals surface area contributed by atoms with Crippen molar-refractivity contribution >= 4 is 11.7 Å². The Labute approximate surface area is 122 Å². The molecular formula is C16H17FN2O2. The van der Waals surface area contributed by atoms with Crippen LogP contribution >= 0.6 is 0 Å². The van der Waals surface area contributed by atoms with Crippen LogP contribution < -0.4 is 5.32 Å². The standard InChI is InChI=1S/C16H17FN2O2/c1-10(13-6-4-5-7-14(13)17)18-16(21)15-8-12(11(2)20)9-19(15)3/h4-10H,1-3H3,(H,18,21)/t10-/m1/s1. The lowest BCUT2D eigenvalue weighted by Gasteiger charge is -2.15. The topological polar surface area (TPSA) is 51.1 Å². The Bertz CT molecular complexity index is 691. The van der Waals surface area contributed by atoms with Gasteiger partial charge in [-0.25, -0.2) is 4.39 Å². The first-order chi connectivity index (χ1) is 9.90. The van der Waals surface area contributed by atoms with Crippen LogP contribution in [0.2, 0.25) is 0 Å². The van der Waals surface area contributed by atoms with Gasteiger partial charge < -0.3 is 9.88 Å². The normalized spacial score (nSPS) is 12.0. The minimum Gasteiger partial charge on any atom is -0.346 e. The number of Topliss-reactive ketones (excluding diaryl/α,β-unsaturated/α-hetero) is 1. The third-order valence-electron chi connectivity index (χ3n) is 3.36. The van der Waals surface area contributed by atoms with E-state index in [-0.39, 0.29) is 17.5 Å². The Morgan fingerprint density at radius 3 is 2.52 bits per heavy atom. The number of amides is 1. The first kappa shape index (κ1) is 15.0. The summed E-state index contributed by atoms with van der Waals surface area (Å²) >= 11 is 0. The second-order valence-electron chi connectivity index (χ2n) is 5.00. The van der Waals surface area contributed by atoms with Crippen LogP contribution in [0.15, 0.2) is 36.5 Å². The number of carbonyl (C=O) groups is 2. The van der Waals surface area contributed by atoms with Crippen molar-refractivity contribution in [3.8, 4) is 0 Å². The van der Waals surface area contributed by atoms with E-state index in [2.05, 4.69) is 5.32 Å². The quantitative estimate of drug-likeness (QED) is 0.879. The molecule has 0 saturated heterocycles. The van der Waals surface area contributed by atoms with E-state index in [1.807, 2.05) is 0 Å². The average Bonchev–Trinajstić information content (AvgIpc) is 2.81. The number of benzene rings is 1. The summed E-state index contributed by atoms with van der Waals surface area (Å²) in [7, 11) is 1.69. The summed E-state index contributed by atoms with van der Waals surface area (Å²) in [5, 5.41) is 2.74. The van der Waals surface area contributed by atoms with Gasteiger partial charge in [-0.2, -0.15) is 0 Å². The molecule has 2 aromatic rings. The molecule has 2 rings (SSSR count). The van der Waals surface area contributed by atoms with Crippen molar-refractivity contribution in [1.82, 2.24) is 9.88 Å². The monoisotopic (exact) mass is 288 g/mol. The summed E-state index contributed by atoms with van der Waals surface area (Å²) < 4.78 is 15.3. The van der Waals surface area contributed by atoms with Gasteiger partial charge in [0.05, 0.1) is 6.04 Å². The van der Waals surface area contributed by atoms with Crippen LogP contribution in [0.5, 0.6) is 0 Å². The Hall–Kier alpha value is -2.43. The number of carbonyl (C=O) groups excluding carboxylic acids is 2. The van der Waals surface area contributed by atoms with E-state index in [0.717, 1.165) is 0 Å². The fourth-order valence-corrected chi connectivity index (χ4v) is 2.16. The van der Waals surface area contributed by atoms with Crippen molar-refractivity contribution in [2.75, 3.05) is 0 Å². The Morgan fingerprint density at radius 2 is 1.95 bits per heavy atom. The molecule has 1 aromatic heterocycles. The summed E-state index contributed by atoms with van der Waals surface area (Å²) in [5.41, 5.74) is 1.26. The number of aromatic nitrogens is 1. The fourth-order valence-electron chi connectivity index (χ4n) is 2.16. The maximum atomic E-state index is 13.7. The maximum absolute atomic E-state index is 13.7. The molecule has 4 nitrogen and oxygen atoms in total. The molecule has 5 heteroatoms. The average molecular weight is 288 g/mol. The highest BCUT2D eigenvalue weighted by Crippen LogP contribution is 2.17. The van der Waals surface area contributed by atoms with Gasteiger partial charge in [0.2, 0.25) is 0 Å². The van der Waals surface area contributed by atoms with E-state index < -0.39 is 6.04 Å². The first-order valence-corrected chi connectivity index (χ1v) is 6.62. The lowest BCUT2D eigenvalue weighted by Crippen LogP contribution is -2.28. The molecule has 0 aliphatic rings. The molecule has 21 heavy (non-hydrogen) atoms. The minimum atomic E-state index is -0.464. The predicted molar refractivity (Wildman–Crippen MR) is 77.7 cm³/mol. The zero-order valence-corrected chi connectivity index (χ0v) is 12.2. The molecular weight excluding hydrogens is 271 g/mol. The number of hydrogen-bond acceptors (Lipinski definition) is 2. The van der Waals surface area contributed by atoms with E-state index in [0.29, 0.717) is 16.8 Å². The first-order valence-electron chi connectivity index (χ1n) is 6.62. The smallest absolute Gasteiger partial charge is 0.268 e. The number of aryl methyl sites for hydroxylation is 1. The van der Waals surface area contributed by atoms with Crippen molar-refractivity contribution in [2.24, 2.45) is 7.05 Å². The SMILES string of the molecule is CC(=O)c1cc(C(=O)N[C@H](C)c2ccccc2F)n(C)c1. The second kappa shape index (κ2) is 5.91. The molecule has 1 amide bonds. The predicted octanol–water partition coefficient (Wildman–Crippen LogP) is 2.86. The van der Waals surface area contributed by atoms with E-state index in [1.54, 1.807) is 42.9 Å². The van der Waals surface area contributed by atoms with Crippen LogP contribution in [0.4, 0.5) is 4.39 Å². The molecule has 0 unspecified atom stereocenters. The van der Waals surface area contributed by atoms with Gasteiger partial charge in [0, 0.05) is 24.4 Å². The summed E-state index contributed by atoms with van der Waals surface area (Å²) in [5.74, 6) is -0.811. The zero-order chi connectivity index (χ0) is 15.6. The molecule has 0 aliphatic heterocycles. The van der Waals surface area contributed by atoms with Crippen LogP contribution in [0.1, 0.15) is 46.3 Å². The Morgan fingerprint density at radius 1 is 1.29 bits per heavy atom. The zero-order valence-electron chi connectivity index (χ0n) is 12.2. The van der Waals surface area contributed by atoms with Crippen molar-refractivity contribution < 1.29 is 14.0 Å². The number of hydrogen-bond donors (Lipinski definition) is 1. The molecule has 110 valence electrons. The van der Waals surface area contributed by atoms with Crippen molar-refractivity contribution in [3.05, 3.63) is 59.2 Å². The van der Waals surface area contributed by atoms with E-state index in [1.165, 1.54) is 19.1 Å². The van der Waals surface area contributed by atoms with Crippen molar-refractivity contribution in [1.29, 1.82) is 0 Å². The van der Waals surface area contributed by atoms with Gasteiger partial charge in [0.1, 0.15) is 11.5 Å². The lowest BCUT2D eigenvalue weighted by molar-refractivity contribution is 0.0931. The van der Waals surface area contributed by atoms with Gasteiger partial charge >= 0.3 is 0 Å². The van der Waals surface area contributed by atoms with E-state index >= 15 is 0 Å². The fraction of sp³-hybridized carbons (Fsp3) is 0.250. The molecule has 1 aromatic carbocycles. The number of ketones is 1.